The van der Waals surface area contributed by atoms with Gasteiger partial charge < -0.3 is 5.11 Å². The number of hydrogen-bond donors (Lipinski definition) is 1. The normalized spacial score (nSPS) is 16.4. The number of aliphatic hydroxyl groups excluding tert-OH is 1. The van der Waals surface area contributed by atoms with E-state index in [-0.39, 0.29) is 6.61 Å². The lowest BCUT2D eigenvalue weighted by molar-refractivity contribution is 0.101. The molecule has 1 saturated carbocycles. The van der Waals surface area contributed by atoms with Crippen LogP contribution in [0.2, 0.25) is 0 Å². The van der Waals surface area contributed by atoms with Crippen molar-refractivity contribution in [1.82, 2.24) is 4.90 Å². The SMILES string of the molecule is [N-]=[N+]=NCCCN(CCO)C1CCC1. The molecule has 5 nitrogen and oxygen atoms in total. The molecule has 0 saturated heterocycles. The summed E-state index contributed by atoms with van der Waals surface area (Å²) in [5.41, 5.74) is 8.11. The number of rotatable bonds is 7. The molecule has 0 heterocycles. The molecule has 80 valence electrons. The molecule has 0 radical (unpaired) electrons. The lowest BCUT2D eigenvalue weighted by Crippen LogP contribution is -2.42. The van der Waals surface area contributed by atoms with Crippen molar-refractivity contribution in [3.8, 4) is 0 Å². The predicted molar refractivity (Wildman–Crippen MR) is 54.9 cm³/mol. The zero-order valence-electron chi connectivity index (χ0n) is 8.47. The molecule has 0 unspecified atom stereocenters. The lowest BCUT2D eigenvalue weighted by Gasteiger charge is -2.37. The highest BCUT2D eigenvalue weighted by Crippen LogP contribution is 2.24. The van der Waals surface area contributed by atoms with E-state index >= 15 is 0 Å². The van der Waals surface area contributed by atoms with Crippen LogP contribution < -0.4 is 0 Å². The average Bonchev–Trinajstić information content (AvgIpc) is 2.10. The summed E-state index contributed by atoms with van der Waals surface area (Å²) in [7, 11) is 0. The zero-order chi connectivity index (χ0) is 10.2. The Balaban J connectivity index is 2.16. The maximum absolute atomic E-state index is 8.88. The van der Waals surface area contributed by atoms with Crippen LogP contribution >= 0.6 is 0 Å². The van der Waals surface area contributed by atoms with Gasteiger partial charge in [0.15, 0.2) is 0 Å². The molecule has 1 aliphatic rings. The fraction of sp³-hybridized carbons (Fsp3) is 1.00. The summed E-state index contributed by atoms with van der Waals surface area (Å²) in [5, 5.41) is 12.4. The van der Waals surface area contributed by atoms with E-state index in [2.05, 4.69) is 14.9 Å². The number of hydrogen-bond acceptors (Lipinski definition) is 3. The van der Waals surface area contributed by atoms with Crippen molar-refractivity contribution in [2.75, 3.05) is 26.2 Å². The van der Waals surface area contributed by atoms with Gasteiger partial charge in [0.05, 0.1) is 6.61 Å². The van der Waals surface area contributed by atoms with Crippen LogP contribution in [0.5, 0.6) is 0 Å². The summed E-state index contributed by atoms with van der Waals surface area (Å²) in [6, 6.07) is 0.660. The third-order valence-corrected chi connectivity index (χ3v) is 2.74. The smallest absolute Gasteiger partial charge is 0.0558 e. The second kappa shape index (κ2) is 6.65. The topological polar surface area (TPSA) is 72.2 Å². The van der Waals surface area contributed by atoms with E-state index in [0.717, 1.165) is 19.5 Å². The number of azide groups is 1. The van der Waals surface area contributed by atoms with Crippen molar-refractivity contribution in [3.05, 3.63) is 10.4 Å². The van der Waals surface area contributed by atoms with Crippen LogP contribution in [0.1, 0.15) is 25.7 Å². The maximum atomic E-state index is 8.88. The Morgan fingerprint density at radius 1 is 1.43 bits per heavy atom. The number of aliphatic hydroxyl groups is 1. The van der Waals surface area contributed by atoms with Crippen molar-refractivity contribution in [1.29, 1.82) is 0 Å². The molecule has 0 aromatic heterocycles. The molecule has 1 aliphatic carbocycles. The molecule has 0 spiro atoms. The molecule has 5 heteroatoms. The largest absolute Gasteiger partial charge is 0.395 e. The van der Waals surface area contributed by atoms with Gasteiger partial charge in [0.1, 0.15) is 0 Å². The maximum Gasteiger partial charge on any atom is 0.0558 e. The van der Waals surface area contributed by atoms with E-state index in [9.17, 15) is 0 Å². The summed E-state index contributed by atoms with van der Waals surface area (Å²) in [6.45, 7) is 2.47. The second-order valence-corrected chi connectivity index (χ2v) is 3.65. The molecule has 0 bridgehead atoms. The van der Waals surface area contributed by atoms with Crippen LogP contribution in [0.4, 0.5) is 0 Å². The fourth-order valence-electron chi connectivity index (χ4n) is 1.75. The standard InChI is InChI=1S/C9H18N4O/c10-12-11-5-2-6-13(7-8-14)9-3-1-4-9/h9,14H,1-8H2. The van der Waals surface area contributed by atoms with E-state index in [1.54, 1.807) is 0 Å². The molecule has 0 atom stereocenters. The first-order chi connectivity index (χ1) is 6.88. The zero-order valence-corrected chi connectivity index (χ0v) is 8.47. The molecule has 14 heavy (non-hydrogen) atoms. The van der Waals surface area contributed by atoms with Crippen molar-refractivity contribution < 1.29 is 5.11 Å². The van der Waals surface area contributed by atoms with Gasteiger partial charge in [-0.15, -0.1) is 0 Å². The Morgan fingerprint density at radius 3 is 2.71 bits per heavy atom. The Morgan fingerprint density at radius 2 is 2.21 bits per heavy atom. The van der Waals surface area contributed by atoms with Crippen LogP contribution in [-0.2, 0) is 0 Å². The van der Waals surface area contributed by atoms with Gasteiger partial charge in [-0.25, -0.2) is 0 Å². The van der Waals surface area contributed by atoms with Gasteiger partial charge >= 0.3 is 0 Å². The molecule has 0 aliphatic heterocycles. The first-order valence-electron chi connectivity index (χ1n) is 5.24. The summed E-state index contributed by atoms with van der Waals surface area (Å²) < 4.78 is 0. The van der Waals surface area contributed by atoms with E-state index < -0.39 is 0 Å². The van der Waals surface area contributed by atoms with Gasteiger partial charge in [-0.3, -0.25) is 4.90 Å². The third-order valence-electron chi connectivity index (χ3n) is 2.74. The highest BCUT2D eigenvalue weighted by Gasteiger charge is 2.23. The summed E-state index contributed by atoms with van der Waals surface area (Å²) in [6.07, 6.45) is 4.70. The average molecular weight is 198 g/mol. The van der Waals surface area contributed by atoms with Gasteiger partial charge in [0.25, 0.3) is 0 Å². The second-order valence-electron chi connectivity index (χ2n) is 3.65. The number of nitrogens with zero attached hydrogens (tertiary/aromatic N) is 4. The van der Waals surface area contributed by atoms with Crippen LogP contribution in [0, 0.1) is 0 Å². The molecule has 0 aromatic rings. The Labute approximate surface area is 84.3 Å². The first-order valence-corrected chi connectivity index (χ1v) is 5.24. The molecule has 1 rings (SSSR count). The predicted octanol–water partition coefficient (Wildman–Crippen LogP) is 1.53. The highest BCUT2D eigenvalue weighted by molar-refractivity contribution is 4.79. The molecule has 0 amide bonds. The molecular formula is C9H18N4O. The summed E-state index contributed by atoms with van der Waals surface area (Å²) in [4.78, 5) is 5.02. The monoisotopic (exact) mass is 198 g/mol. The van der Waals surface area contributed by atoms with Crippen molar-refractivity contribution in [3.63, 3.8) is 0 Å². The van der Waals surface area contributed by atoms with E-state index in [1.807, 2.05) is 0 Å². The minimum atomic E-state index is 0.220. The fourth-order valence-corrected chi connectivity index (χ4v) is 1.75. The minimum absolute atomic E-state index is 0.220. The first kappa shape index (κ1) is 11.3. The van der Waals surface area contributed by atoms with E-state index in [0.29, 0.717) is 12.6 Å². The van der Waals surface area contributed by atoms with Gasteiger partial charge in [0, 0.05) is 24.0 Å². The quantitative estimate of drug-likeness (QED) is 0.291. The molecule has 0 aromatic carbocycles. The van der Waals surface area contributed by atoms with Gasteiger partial charge in [0.2, 0.25) is 0 Å². The van der Waals surface area contributed by atoms with Crippen LogP contribution in [0.15, 0.2) is 5.11 Å². The Kier molecular flexibility index (Phi) is 5.37. The van der Waals surface area contributed by atoms with Gasteiger partial charge in [-0.05, 0) is 31.3 Å². The van der Waals surface area contributed by atoms with Crippen molar-refractivity contribution >= 4 is 0 Å². The van der Waals surface area contributed by atoms with Crippen LogP contribution in [0.25, 0.3) is 10.4 Å². The molecule has 1 N–H and O–H groups in total. The van der Waals surface area contributed by atoms with E-state index in [4.69, 9.17) is 10.6 Å². The Hall–Kier alpha value is -0.770. The highest BCUT2D eigenvalue weighted by atomic mass is 16.3. The van der Waals surface area contributed by atoms with Crippen molar-refractivity contribution in [2.24, 2.45) is 5.11 Å². The van der Waals surface area contributed by atoms with Crippen molar-refractivity contribution in [2.45, 2.75) is 31.7 Å². The van der Waals surface area contributed by atoms with Crippen LogP contribution in [-0.4, -0.2) is 42.3 Å². The lowest BCUT2D eigenvalue weighted by atomic mass is 9.91. The Bertz CT molecular complexity index is 199. The molecular weight excluding hydrogens is 180 g/mol. The molecule has 1 fully saturated rings. The minimum Gasteiger partial charge on any atom is -0.395 e. The summed E-state index contributed by atoms with van der Waals surface area (Å²) >= 11 is 0. The van der Waals surface area contributed by atoms with E-state index in [1.165, 1.54) is 19.3 Å². The van der Waals surface area contributed by atoms with Gasteiger partial charge in [-0.1, -0.05) is 11.5 Å². The third kappa shape index (κ3) is 3.54. The summed E-state index contributed by atoms with van der Waals surface area (Å²) in [5.74, 6) is 0. The van der Waals surface area contributed by atoms with Gasteiger partial charge in [-0.2, -0.15) is 0 Å². The van der Waals surface area contributed by atoms with Crippen LogP contribution in [0.3, 0.4) is 0 Å².